The Kier molecular flexibility index (Phi) is 5.38. The zero-order chi connectivity index (χ0) is 15.9. The Labute approximate surface area is 128 Å². The van der Waals surface area contributed by atoms with Gasteiger partial charge in [0.15, 0.2) is 0 Å². The molecule has 0 radical (unpaired) electrons. The molecule has 0 unspecified atom stereocenters. The zero-order valence-electron chi connectivity index (χ0n) is 12.4. The first-order valence-corrected chi connectivity index (χ1v) is 7.23. The van der Waals surface area contributed by atoms with Crippen molar-refractivity contribution in [1.29, 1.82) is 0 Å². The van der Waals surface area contributed by atoms with Crippen LogP contribution in [0.1, 0.15) is 37.9 Å². The van der Waals surface area contributed by atoms with Crippen molar-refractivity contribution in [2.24, 2.45) is 5.11 Å². The molecule has 1 heterocycles. The van der Waals surface area contributed by atoms with E-state index in [1.807, 2.05) is 30.3 Å². The van der Waals surface area contributed by atoms with Crippen LogP contribution in [0.15, 0.2) is 35.4 Å². The Balaban J connectivity index is 1.95. The van der Waals surface area contributed by atoms with Crippen LogP contribution in [0.3, 0.4) is 0 Å². The van der Waals surface area contributed by atoms with Gasteiger partial charge in [0.1, 0.15) is 6.10 Å². The van der Waals surface area contributed by atoms with E-state index >= 15 is 0 Å². The van der Waals surface area contributed by atoms with E-state index in [2.05, 4.69) is 10.0 Å². The van der Waals surface area contributed by atoms with Crippen molar-refractivity contribution in [3.8, 4) is 0 Å². The van der Waals surface area contributed by atoms with Crippen LogP contribution in [0.4, 0.5) is 4.79 Å². The van der Waals surface area contributed by atoms with Gasteiger partial charge in [-0.25, -0.2) is 9.69 Å². The molecule has 1 aromatic rings. The predicted octanol–water partition coefficient (Wildman–Crippen LogP) is 3.58. The third-order valence-electron chi connectivity index (χ3n) is 3.63. The van der Waals surface area contributed by atoms with Gasteiger partial charge in [0.05, 0.1) is 6.04 Å². The normalized spacial score (nSPS) is 20.4. The number of amides is 2. The summed E-state index contributed by atoms with van der Waals surface area (Å²) in [6, 6.07) is 9.05. The number of benzene rings is 1. The third-order valence-corrected chi connectivity index (χ3v) is 3.63. The molecule has 0 saturated carbocycles. The number of carbonyl (C=O) groups excluding carboxylic acids is 2. The van der Waals surface area contributed by atoms with Crippen molar-refractivity contribution in [2.45, 2.75) is 38.3 Å². The monoisotopic (exact) mass is 302 g/mol. The first-order valence-electron chi connectivity index (χ1n) is 7.23. The van der Waals surface area contributed by atoms with Gasteiger partial charge in [0, 0.05) is 17.9 Å². The molecule has 1 fully saturated rings. The van der Waals surface area contributed by atoms with Gasteiger partial charge >= 0.3 is 6.09 Å². The third kappa shape index (κ3) is 3.56. The number of rotatable bonds is 6. The van der Waals surface area contributed by atoms with Crippen molar-refractivity contribution < 1.29 is 14.3 Å². The van der Waals surface area contributed by atoms with Gasteiger partial charge in [0.25, 0.3) is 0 Å². The van der Waals surface area contributed by atoms with Gasteiger partial charge in [-0.05, 0) is 30.9 Å². The van der Waals surface area contributed by atoms with Crippen LogP contribution in [0.5, 0.6) is 0 Å². The standard InChI is InChI=1S/C15H18N4O3/c1-11-14(12-7-3-2-4-8-12)22-15(21)19(11)13(20)9-5-6-10-17-18-16/h2-4,7-8,11,14H,5-6,9-10H2,1H3/t11-,14-/m1/s1. The van der Waals surface area contributed by atoms with Gasteiger partial charge in [0.2, 0.25) is 5.91 Å². The van der Waals surface area contributed by atoms with E-state index in [0.29, 0.717) is 19.4 Å². The summed E-state index contributed by atoms with van der Waals surface area (Å²) in [5.41, 5.74) is 9.05. The molecule has 1 saturated heterocycles. The Morgan fingerprint density at radius 3 is 2.77 bits per heavy atom. The lowest BCUT2D eigenvalue weighted by molar-refractivity contribution is -0.129. The topological polar surface area (TPSA) is 95.4 Å². The SMILES string of the molecule is C[C@@H]1[C@H](c2ccccc2)OC(=O)N1C(=O)CCCCN=[N+]=[N-]. The van der Waals surface area contributed by atoms with E-state index in [9.17, 15) is 9.59 Å². The highest BCUT2D eigenvalue weighted by molar-refractivity contribution is 5.93. The zero-order valence-corrected chi connectivity index (χ0v) is 12.4. The summed E-state index contributed by atoms with van der Waals surface area (Å²) < 4.78 is 5.34. The molecule has 0 spiro atoms. The molecule has 0 bridgehead atoms. The number of azide groups is 1. The van der Waals surface area contributed by atoms with Crippen molar-refractivity contribution in [1.82, 2.24) is 4.90 Å². The minimum atomic E-state index is -0.596. The summed E-state index contributed by atoms with van der Waals surface area (Å²) in [7, 11) is 0. The Morgan fingerprint density at radius 2 is 2.09 bits per heavy atom. The maximum absolute atomic E-state index is 12.2. The molecule has 7 nitrogen and oxygen atoms in total. The quantitative estimate of drug-likeness (QED) is 0.348. The molecule has 1 aromatic carbocycles. The summed E-state index contributed by atoms with van der Waals surface area (Å²) in [4.78, 5) is 28.0. The van der Waals surface area contributed by atoms with E-state index in [1.54, 1.807) is 6.92 Å². The maximum Gasteiger partial charge on any atom is 0.417 e. The van der Waals surface area contributed by atoms with Gasteiger partial charge in [-0.15, -0.1) is 0 Å². The highest BCUT2D eigenvalue weighted by atomic mass is 16.6. The molecule has 1 aliphatic heterocycles. The highest BCUT2D eigenvalue weighted by Crippen LogP contribution is 2.32. The van der Waals surface area contributed by atoms with Crippen LogP contribution in [0.2, 0.25) is 0 Å². The molecular weight excluding hydrogens is 284 g/mol. The van der Waals surface area contributed by atoms with Crippen LogP contribution < -0.4 is 0 Å². The van der Waals surface area contributed by atoms with E-state index in [1.165, 1.54) is 4.90 Å². The number of carbonyl (C=O) groups is 2. The average Bonchev–Trinajstić information content (AvgIpc) is 2.82. The van der Waals surface area contributed by atoms with E-state index in [4.69, 9.17) is 10.3 Å². The van der Waals surface area contributed by atoms with Crippen molar-refractivity contribution in [3.05, 3.63) is 46.3 Å². The fraction of sp³-hybridized carbons (Fsp3) is 0.467. The molecule has 22 heavy (non-hydrogen) atoms. The molecule has 2 atom stereocenters. The minimum Gasteiger partial charge on any atom is -0.439 e. The Hall–Kier alpha value is -2.53. The summed E-state index contributed by atoms with van der Waals surface area (Å²) in [6.07, 6.45) is 0.406. The maximum atomic E-state index is 12.2. The molecule has 0 aromatic heterocycles. The number of imide groups is 1. The number of cyclic esters (lactones) is 1. The fourth-order valence-corrected chi connectivity index (χ4v) is 2.51. The molecule has 1 aliphatic rings. The number of nitrogens with zero attached hydrogens (tertiary/aromatic N) is 4. The summed E-state index contributed by atoms with van der Waals surface area (Å²) in [5.74, 6) is -0.253. The molecule has 116 valence electrons. The highest BCUT2D eigenvalue weighted by Gasteiger charge is 2.42. The molecule has 0 N–H and O–H groups in total. The molecule has 2 amide bonds. The van der Waals surface area contributed by atoms with E-state index in [0.717, 1.165) is 5.56 Å². The second-order valence-corrected chi connectivity index (χ2v) is 5.13. The van der Waals surface area contributed by atoms with Crippen LogP contribution in [0, 0.1) is 0 Å². The number of hydrogen-bond donors (Lipinski definition) is 0. The van der Waals surface area contributed by atoms with Crippen LogP contribution >= 0.6 is 0 Å². The van der Waals surface area contributed by atoms with E-state index in [-0.39, 0.29) is 18.4 Å². The lowest BCUT2D eigenvalue weighted by atomic mass is 10.0. The first kappa shape index (κ1) is 15.9. The second-order valence-electron chi connectivity index (χ2n) is 5.13. The number of unbranched alkanes of at least 4 members (excludes halogenated alkanes) is 1. The number of hydrogen-bond acceptors (Lipinski definition) is 4. The summed E-state index contributed by atoms with van der Waals surface area (Å²) in [5, 5.41) is 3.41. The van der Waals surface area contributed by atoms with Gasteiger partial charge in [-0.3, -0.25) is 4.79 Å². The largest absolute Gasteiger partial charge is 0.439 e. The fourth-order valence-electron chi connectivity index (χ4n) is 2.51. The van der Waals surface area contributed by atoms with Crippen molar-refractivity contribution in [3.63, 3.8) is 0 Å². The lowest BCUT2D eigenvalue weighted by Crippen LogP contribution is -2.37. The van der Waals surface area contributed by atoms with Crippen LogP contribution in [0.25, 0.3) is 10.4 Å². The molecule has 2 rings (SSSR count). The van der Waals surface area contributed by atoms with E-state index < -0.39 is 12.2 Å². The minimum absolute atomic E-state index is 0.238. The van der Waals surface area contributed by atoms with Gasteiger partial charge in [-0.1, -0.05) is 35.4 Å². The Bertz CT molecular complexity index is 584. The molecule has 0 aliphatic carbocycles. The Morgan fingerprint density at radius 1 is 1.36 bits per heavy atom. The van der Waals surface area contributed by atoms with Crippen LogP contribution in [-0.4, -0.2) is 29.5 Å². The van der Waals surface area contributed by atoms with Crippen LogP contribution in [-0.2, 0) is 9.53 Å². The summed E-state index contributed by atoms with van der Waals surface area (Å²) in [6.45, 7) is 2.16. The van der Waals surface area contributed by atoms with Gasteiger partial charge in [-0.2, -0.15) is 0 Å². The molecule has 7 heteroatoms. The summed E-state index contributed by atoms with van der Waals surface area (Å²) >= 11 is 0. The number of ether oxygens (including phenoxy) is 1. The van der Waals surface area contributed by atoms with Crippen molar-refractivity contribution >= 4 is 12.0 Å². The smallest absolute Gasteiger partial charge is 0.417 e. The second kappa shape index (κ2) is 7.47. The first-order chi connectivity index (χ1) is 10.6. The van der Waals surface area contributed by atoms with Crippen molar-refractivity contribution in [2.75, 3.05) is 6.54 Å². The molecular formula is C15H18N4O3. The predicted molar refractivity (Wildman–Crippen MR) is 79.8 cm³/mol. The lowest BCUT2D eigenvalue weighted by Gasteiger charge is -2.19. The van der Waals surface area contributed by atoms with Gasteiger partial charge < -0.3 is 4.74 Å². The average molecular weight is 302 g/mol.